The third-order valence-corrected chi connectivity index (χ3v) is 3.30. The predicted molar refractivity (Wildman–Crippen MR) is 76.0 cm³/mol. The van der Waals surface area contributed by atoms with E-state index >= 15 is 0 Å². The van der Waals surface area contributed by atoms with Crippen molar-refractivity contribution in [3.8, 4) is 0 Å². The Hall–Kier alpha value is -1.25. The van der Waals surface area contributed by atoms with E-state index in [0.29, 0.717) is 0 Å². The molecule has 0 fully saturated rings. The van der Waals surface area contributed by atoms with E-state index in [1.165, 1.54) is 11.1 Å². The van der Waals surface area contributed by atoms with Gasteiger partial charge in [0.25, 0.3) is 0 Å². The van der Waals surface area contributed by atoms with Crippen LogP contribution in [0.25, 0.3) is 0 Å². The minimum Gasteiger partial charge on any atom is -0.400 e. The number of aliphatic hydroxyl groups is 1. The Morgan fingerprint density at radius 2 is 1.06 bits per heavy atom. The molecule has 0 saturated carbocycles. The fourth-order valence-corrected chi connectivity index (χ4v) is 2.39. The maximum atomic E-state index is 7.00. The Bertz CT molecular complexity index is 347. The molecule has 0 bridgehead atoms. The van der Waals surface area contributed by atoms with E-state index in [4.69, 9.17) is 5.11 Å². The Kier molecular flexibility index (Phi) is 7.19. The summed E-state index contributed by atoms with van der Waals surface area (Å²) in [5.41, 5.74) is 2.80. The fraction of sp³-hybridized carbons (Fsp3) is 0.200. The van der Waals surface area contributed by atoms with Gasteiger partial charge < -0.3 is 5.11 Å². The van der Waals surface area contributed by atoms with Crippen molar-refractivity contribution >= 4 is 11.8 Å². The van der Waals surface area contributed by atoms with E-state index in [1.807, 2.05) is 11.8 Å². The number of hydrogen-bond acceptors (Lipinski definition) is 2. The molecule has 2 aromatic rings. The summed E-state index contributed by atoms with van der Waals surface area (Å²) < 4.78 is 0. The van der Waals surface area contributed by atoms with E-state index < -0.39 is 0 Å². The van der Waals surface area contributed by atoms with E-state index in [0.717, 1.165) is 18.6 Å². The third kappa shape index (κ3) is 5.57. The average molecular weight is 246 g/mol. The molecule has 0 saturated heterocycles. The lowest BCUT2D eigenvalue weighted by Crippen LogP contribution is -1.82. The zero-order valence-corrected chi connectivity index (χ0v) is 10.9. The average Bonchev–Trinajstić information content (AvgIpc) is 2.43. The molecule has 0 aliphatic carbocycles. The highest BCUT2D eigenvalue weighted by Gasteiger charge is 1.93. The highest BCUT2D eigenvalue weighted by atomic mass is 32.2. The number of hydrogen-bond donors (Lipinski definition) is 1. The summed E-state index contributed by atoms with van der Waals surface area (Å²) in [5, 5.41) is 7.00. The van der Waals surface area contributed by atoms with Crippen LogP contribution in [0.1, 0.15) is 11.1 Å². The van der Waals surface area contributed by atoms with Crippen molar-refractivity contribution in [2.45, 2.75) is 11.5 Å². The lowest BCUT2D eigenvalue weighted by atomic mass is 10.2. The first-order valence-electron chi connectivity index (χ1n) is 5.55. The van der Waals surface area contributed by atoms with Crippen molar-refractivity contribution in [2.75, 3.05) is 7.11 Å². The number of aliphatic hydroxyl groups excluding tert-OH is 1. The van der Waals surface area contributed by atoms with Crippen molar-refractivity contribution in [1.82, 2.24) is 0 Å². The van der Waals surface area contributed by atoms with Gasteiger partial charge in [-0.2, -0.15) is 11.8 Å². The van der Waals surface area contributed by atoms with Gasteiger partial charge in [-0.25, -0.2) is 0 Å². The molecule has 0 amide bonds. The van der Waals surface area contributed by atoms with Crippen LogP contribution in [0.2, 0.25) is 0 Å². The highest BCUT2D eigenvalue weighted by Crippen LogP contribution is 2.17. The second-order valence-corrected chi connectivity index (χ2v) is 4.45. The van der Waals surface area contributed by atoms with Crippen molar-refractivity contribution < 1.29 is 5.11 Å². The fourth-order valence-electron chi connectivity index (χ4n) is 1.44. The summed E-state index contributed by atoms with van der Waals surface area (Å²) in [5.74, 6) is 2.19. The molecule has 1 nitrogen and oxygen atoms in total. The molecule has 0 heterocycles. The first kappa shape index (κ1) is 13.8. The van der Waals surface area contributed by atoms with Gasteiger partial charge in [-0.3, -0.25) is 0 Å². The van der Waals surface area contributed by atoms with Crippen molar-refractivity contribution in [3.63, 3.8) is 0 Å². The first-order chi connectivity index (χ1) is 8.45. The van der Waals surface area contributed by atoms with Crippen LogP contribution in [0.15, 0.2) is 60.7 Å². The van der Waals surface area contributed by atoms with Gasteiger partial charge in [0.1, 0.15) is 0 Å². The lowest BCUT2D eigenvalue weighted by molar-refractivity contribution is 0.399. The molecule has 2 rings (SSSR count). The maximum Gasteiger partial charge on any atom is 0.0319 e. The molecule has 0 aromatic heterocycles. The normalized spacial score (nSPS) is 9.29. The van der Waals surface area contributed by atoms with Gasteiger partial charge in [0.05, 0.1) is 0 Å². The van der Waals surface area contributed by atoms with Gasteiger partial charge >= 0.3 is 0 Å². The van der Waals surface area contributed by atoms with Crippen LogP contribution in [0.5, 0.6) is 0 Å². The van der Waals surface area contributed by atoms with Gasteiger partial charge in [0.2, 0.25) is 0 Å². The molecule has 90 valence electrons. The summed E-state index contributed by atoms with van der Waals surface area (Å²) in [4.78, 5) is 0. The molecule has 2 heteroatoms. The van der Waals surface area contributed by atoms with Crippen LogP contribution in [-0.4, -0.2) is 12.2 Å². The summed E-state index contributed by atoms with van der Waals surface area (Å²) >= 11 is 1.96. The molecular weight excluding hydrogens is 228 g/mol. The smallest absolute Gasteiger partial charge is 0.0319 e. The minimum absolute atomic E-state index is 1.00. The molecule has 0 aliphatic rings. The summed E-state index contributed by atoms with van der Waals surface area (Å²) in [6, 6.07) is 21.2. The van der Waals surface area contributed by atoms with Gasteiger partial charge in [-0.15, -0.1) is 0 Å². The van der Waals surface area contributed by atoms with Gasteiger partial charge in [0, 0.05) is 18.6 Å². The van der Waals surface area contributed by atoms with E-state index in [9.17, 15) is 0 Å². The molecule has 0 aliphatic heterocycles. The van der Waals surface area contributed by atoms with Gasteiger partial charge in [-0.1, -0.05) is 60.7 Å². The van der Waals surface area contributed by atoms with E-state index in [1.54, 1.807) is 0 Å². The van der Waals surface area contributed by atoms with E-state index in [-0.39, 0.29) is 0 Å². The van der Waals surface area contributed by atoms with E-state index in [2.05, 4.69) is 60.7 Å². The lowest BCUT2D eigenvalue weighted by Gasteiger charge is -2.01. The number of benzene rings is 2. The standard InChI is InChI=1S/C14H14S.CH4O/c1-3-7-13(8-4-1)11-15-12-14-9-5-2-6-10-14;1-2/h1-10H,11-12H2;2H,1H3. The molecule has 0 atom stereocenters. The number of thioether (sulfide) groups is 1. The highest BCUT2D eigenvalue weighted by molar-refractivity contribution is 7.97. The Morgan fingerprint density at radius 1 is 0.706 bits per heavy atom. The quantitative estimate of drug-likeness (QED) is 0.887. The minimum atomic E-state index is 1.00. The summed E-state index contributed by atoms with van der Waals surface area (Å²) in [6.07, 6.45) is 0. The van der Waals surface area contributed by atoms with Crippen LogP contribution in [0.4, 0.5) is 0 Å². The molecule has 17 heavy (non-hydrogen) atoms. The van der Waals surface area contributed by atoms with Crippen molar-refractivity contribution in [2.24, 2.45) is 0 Å². The van der Waals surface area contributed by atoms with Crippen LogP contribution >= 0.6 is 11.8 Å². The van der Waals surface area contributed by atoms with Crippen LogP contribution in [0.3, 0.4) is 0 Å². The predicted octanol–water partition coefficient (Wildman–Crippen LogP) is 3.73. The van der Waals surface area contributed by atoms with Crippen LogP contribution in [-0.2, 0) is 11.5 Å². The van der Waals surface area contributed by atoms with Gasteiger partial charge in [0.15, 0.2) is 0 Å². The van der Waals surface area contributed by atoms with Crippen LogP contribution < -0.4 is 0 Å². The van der Waals surface area contributed by atoms with Crippen molar-refractivity contribution in [1.29, 1.82) is 0 Å². The Labute approximate surface area is 108 Å². The number of rotatable bonds is 4. The SMILES string of the molecule is CO.c1ccc(CSCc2ccccc2)cc1. The molecule has 1 N–H and O–H groups in total. The Morgan fingerprint density at radius 3 is 1.41 bits per heavy atom. The Balaban J connectivity index is 0.000000686. The monoisotopic (exact) mass is 246 g/mol. The zero-order valence-electron chi connectivity index (χ0n) is 10.0. The zero-order chi connectivity index (χ0) is 12.3. The summed E-state index contributed by atoms with van der Waals surface area (Å²) in [6.45, 7) is 0. The summed E-state index contributed by atoms with van der Waals surface area (Å²) in [7, 11) is 1.00. The first-order valence-corrected chi connectivity index (χ1v) is 6.71. The third-order valence-electron chi connectivity index (χ3n) is 2.22. The second-order valence-electron chi connectivity index (χ2n) is 3.46. The molecule has 2 aromatic carbocycles. The van der Waals surface area contributed by atoms with Gasteiger partial charge in [-0.05, 0) is 11.1 Å². The molecule has 0 unspecified atom stereocenters. The van der Waals surface area contributed by atoms with Crippen LogP contribution in [0, 0.1) is 0 Å². The molecule has 0 spiro atoms. The van der Waals surface area contributed by atoms with Crippen molar-refractivity contribution in [3.05, 3.63) is 71.8 Å². The topological polar surface area (TPSA) is 20.2 Å². The largest absolute Gasteiger partial charge is 0.400 e. The second kappa shape index (κ2) is 8.85. The molecule has 0 radical (unpaired) electrons. The molecular formula is C15H18OS. The maximum absolute atomic E-state index is 7.00.